The van der Waals surface area contributed by atoms with Crippen molar-refractivity contribution in [1.29, 1.82) is 0 Å². The Morgan fingerprint density at radius 1 is 1.25 bits per heavy atom. The molecule has 0 bridgehead atoms. The maximum absolute atomic E-state index is 11.9. The molecule has 0 radical (unpaired) electrons. The van der Waals surface area contributed by atoms with Crippen molar-refractivity contribution in [3.8, 4) is 5.75 Å². The number of carbonyl (C=O) groups is 2. The molecule has 0 saturated carbocycles. The Balaban J connectivity index is 1.84. The van der Waals surface area contributed by atoms with Gasteiger partial charge >= 0.3 is 0 Å². The minimum Gasteiger partial charge on any atom is -0.508 e. The number of aromatic hydroxyl groups is 1. The smallest absolute Gasteiger partial charge is 0.241 e. The van der Waals surface area contributed by atoms with Crippen LogP contribution in [-0.2, 0) is 9.59 Å². The van der Waals surface area contributed by atoms with Crippen LogP contribution in [0.4, 0.5) is 0 Å². The molecule has 0 aliphatic carbocycles. The first-order valence-corrected chi connectivity index (χ1v) is 6.87. The summed E-state index contributed by atoms with van der Waals surface area (Å²) in [6.07, 6.45) is 1.83. The van der Waals surface area contributed by atoms with Gasteiger partial charge in [0.2, 0.25) is 11.8 Å². The highest BCUT2D eigenvalue weighted by Crippen LogP contribution is 2.28. The van der Waals surface area contributed by atoms with Crippen LogP contribution < -0.4 is 5.32 Å². The van der Waals surface area contributed by atoms with Gasteiger partial charge < -0.3 is 15.3 Å². The third-order valence-corrected chi connectivity index (χ3v) is 3.70. The van der Waals surface area contributed by atoms with Gasteiger partial charge in [0.25, 0.3) is 0 Å². The van der Waals surface area contributed by atoms with E-state index in [1.165, 1.54) is 12.5 Å². The quantitative estimate of drug-likeness (QED) is 0.872. The number of nitrogens with zero attached hydrogens (tertiary/aromatic N) is 1. The average molecular weight is 276 g/mol. The molecule has 1 fully saturated rings. The number of nitrogens with one attached hydrogen (secondary N) is 1. The third kappa shape index (κ3) is 3.73. The fraction of sp³-hybridized carbons (Fsp3) is 0.467. The van der Waals surface area contributed by atoms with E-state index in [-0.39, 0.29) is 24.1 Å². The predicted molar refractivity (Wildman–Crippen MR) is 75.3 cm³/mol. The lowest BCUT2D eigenvalue weighted by Crippen LogP contribution is -2.43. The summed E-state index contributed by atoms with van der Waals surface area (Å²) < 4.78 is 0. The molecule has 2 rings (SSSR count). The van der Waals surface area contributed by atoms with Crippen LogP contribution in [-0.4, -0.2) is 41.5 Å². The highest BCUT2D eigenvalue weighted by atomic mass is 16.3. The van der Waals surface area contributed by atoms with E-state index in [2.05, 4.69) is 5.32 Å². The second-order valence-electron chi connectivity index (χ2n) is 5.16. The lowest BCUT2D eigenvalue weighted by Gasteiger charge is -2.32. The lowest BCUT2D eigenvalue weighted by atomic mass is 9.89. The Kier molecular flexibility index (Phi) is 4.61. The number of carbonyl (C=O) groups excluding carboxylic acids is 2. The Hall–Kier alpha value is -2.04. The van der Waals surface area contributed by atoms with Crippen molar-refractivity contribution in [1.82, 2.24) is 10.2 Å². The maximum atomic E-state index is 11.9. The summed E-state index contributed by atoms with van der Waals surface area (Å²) in [5.74, 6) is 0.499. The second kappa shape index (κ2) is 6.41. The molecule has 1 aliphatic heterocycles. The molecule has 1 aliphatic rings. The van der Waals surface area contributed by atoms with Gasteiger partial charge in [-0.2, -0.15) is 0 Å². The van der Waals surface area contributed by atoms with Crippen molar-refractivity contribution in [2.24, 2.45) is 0 Å². The number of hydrogen-bond acceptors (Lipinski definition) is 3. The molecule has 20 heavy (non-hydrogen) atoms. The molecule has 0 spiro atoms. The van der Waals surface area contributed by atoms with E-state index in [0.29, 0.717) is 19.0 Å². The number of amides is 2. The minimum atomic E-state index is -0.183. The van der Waals surface area contributed by atoms with Crippen LogP contribution in [0.2, 0.25) is 0 Å². The van der Waals surface area contributed by atoms with E-state index < -0.39 is 0 Å². The Labute approximate surface area is 118 Å². The lowest BCUT2D eigenvalue weighted by molar-refractivity contribution is -0.133. The molecule has 0 unspecified atom stereocenters. The topological polar surface area (TPSA) is 69.6 Å². The largest absolute Gasteiger partial charge is 0.508 e. The maximum Gasteiger partial charge on any atom is 0.241 e. The van der Waals surface area contributed by atoms with Crippen LogP contribution in [0.15, 0.2) is 24.3 Å². The van der Waals surface area contributed by atoms with Crippen LogP contribution in [0.5, 0.6) is 5.75 Å². The summed E-state index contributed by atoms with van der Waals surface area (Å²) in [6.45, 7) is 2.91. The number of likely N-dealkylation sites (tertiary alicyclic amines) is 1. The number of phenolic OH excluding ortho intramolecular Hbond substituents is 1. The molecular formula is C15H20N2O3. The minimum absolute atomic E-state index is 0.0237. The van der Waals surface area contributed by atoms with Crippen molar-refractivity contribution in [3.63, 3.8) is 0 Å². The Morgan fingerprint density at radius 2 is 1.85 bits per heavy atom. The number of hydrogen-bond donors (Lipinski definition) is 2. The number of piperidine rings is 1. The van der Waals surface area contributed by atoms with Crippen molar-refractivity contribution in [2.45, 2.75) is 25.7 Å². The molecule has 0 atom stereocenters. The first kappa shape index (κ1) is 14.4. The van der Waals surface area contributed by atoms with Gasteiger partial charge in [0.05, 0.1) is 6.54 Å². The monoisotopic (exact) mass is 276 g/mol. The van der Waals surface area contributed by atoms with Gasteiger partial charge in [-0.3, -0.25) is 9.59 Å². The van der Waals surface area contributed by atoms with Gasteiger partial charge in [-0.25, -0.2) is 0 Å². The Bertz CT molecular complexity index is 476. The predicted octanol–water partition coefficient (Wildman–Crippen LogP) is 1.23. The SMILES string of the molecule is CC(=O)NCC(=O)N1CCC(c2ccc(O)cc2)CC1. The van der Waals surface area contributed by atoms with Crippen molar-refractivity contribution in [3.05, 3.63) is 29.8 Å². The average Bonchev–Trinajstić information content (AvgIpc) is 2.46. The zero-order valence-corrected chi connectivity index (χ0v) is 11.6. The highest BCUT2D eigenvalue weighted by Gasteiger charge is 2.23. The zero-order valence-electron chi connectivity index (χ0n) is 11.6. The van der Waals surface area contributed by atoms with Crippen LogP contribution in [0.1, 0.15) is 31.2 Å². The van der Waals surface area contributed by atoms with E-state index in [1.807, 2.05) is 12.1 Å². The van der Waals surface area contributed by atoms with Gasteiger partial charge in [0.1, 0.15) is 5.75 Å². The summed E-state index contributed by atoms with van der Waals surface area (Å²) in [4.78, 5) is 24.5. The summed E-state index contributed by atoms with van der Waals surface area (Å²) in [6, 6.07) is 7.27. The van der Waals surface area contributed by atoms with Crippen molar-refractivity contribution < 1.29 is 14.7 Å². The highest BCUT2D eigenvalue weighted by molar-refractivity contribution is 5.83. The van der Waals surface area contributed by atoms with E-state index in [1.54, 1.807) is 17.0 Å². The van der Waals surface area contributed by atoms with E-state index in [4.69, 9.17) is 0 Å². The summed E-state index contributed by atoms with van der Waals surface area (Å²) in [5.41, 5.74) is 1.21. The zero-order chi connectivity index (χ0) is 14.5. The Morgan fingerprint density at radius 3 is 2.40 bits per heavy atom. The standard InChI is InChI=1S/C15H20N2O3/c1-11(18)16-10-15(20)17-8-6-13(7-9-17)12-2-4-14(19)5-3-12/h2-5,13,19H,6-10H2,1H3,(H,16,18). The van der Waals surface area contributed by atoms with Crippen LogP contribution in [0.3, 0.4) is 0 Å². The number of phenols is 1. The fourth-order valence-corrected chi connectivity index (χ4v) is 2.52. The van der Waals surface area contributed by atoms with E-state index in [9.17, 15) is 14.7 Å². The molecular weight excluding hydrogens is 256 g/mol. The van der Waals surface area contributed by atoms with Gasteiger partial charge in [0, 0.05) is 20.0 Å². The van der Waals surface area contributed by atoms with Crippen LogP contribution in [0, 0.1) is 0 Å². The van der Waals surface area contributed by atoms with Crippen molar-refractivity contribution >= 4 is 11.8 Å². The van der Waals surface area contributed by atoms with Gasteiger partial charge in [-0.15, -0.1) is 0 Å². The van der Waals surface area contributed by atoms with E-state index in [0.717, 1.165) is 12.8 Å². The first-order valence-electron chi connectivity index (χ1n) is 6.87. The molecule has 5 nitrogen and oxygen atoms in total. The molecule has 2 amide bonds. The summed E-state index contributed by atoms with van der Waals surface area (Å²) in [7, 11) is 0. The fourth-order valence-electron chi connectivity index (χ4n) is 2.52. The molecule has 1 heterocycles. The van der Waals surface area contributed by atoms with Gasteiger partial charge in [-0.05, 0) is 36.5 Å². The van der Waals surface area contributed by atoms with Crippen LogP contribution in [0.25, 0.3) is 0 Å². The van der Waals surface area contributed by atoms with Crippen molar-refractivity contribution in [2.75, 3.05) is 19.6 Å². The molecule has 1 saturated heterocycles. The summed E-state index contributed by atoms with van der Waals surface area (Å²) >= 11 is 0. The third-order valence-electron chi connectivity index (χ3n) is 3.70. The first-order chi connectivity index (χ1) is 9.56. The normalized spacial score (nSPS) is 15.9. The molecule has 108 valence electrons. The molecule has 1 aromatic rings. The molecule has 5 heteroatoms. The number of benzene rings is 1. The molecule has 0 aromatic heterocycles. The van der Waals surface area contributed by atoms with Gasteiger partial charge in [0.15, 0.2) is 0 Å². The van der Waals surface area contributed by atoms with E-state index >= 15 is 0 Å². The molecule has 1 aromatic carbocycles. The molecule has 2 N–H and O–H groups in total. The van der Waals surface area contributed by atoms with Crippen LogP contribution >= 0.6 is 0 Å². The second-order valence-corrected chi connectivity index (χ2v) is 5.16. The number of rotatable bonds is 3. The summed E-state index contributed by atoms with van der Waals surface area (Å²) in [5, 5.41) is 11.8. The van der Waals surface area contributed by atoms with Gasteiger partial charge in [-0.1, -0.05) is 12.1 Å².